The Morgan fingerprint density at radius 1 is 1.75 bits per heavy atom. The molecular weight excluding hydrogens is 108 g/mol. The van der Waals surface area contributed by atoms with Crippen LogP contribution in [0.2, 0.25) is 0 Å². The minimum atomic E-state index is 0.750. The molecule has 0 saturated carbocycles. The van der Waals surface area contributed by atoms with E-state index in [0.29, 0.717) is 0 Å². The number of nitriles is 1. The molecule has 0 atom stereocenters. The lowest BCUT2D eigenvalue weighted by Gasteiger charge is -1.93. The Morgan fingerprint density at radius 3 is 1.88 bits per heavy atom. The van der Waals surface area contributed by atoms with E-state index in [1.807, 2.05) is 0 Å². The molecule has 46 valence electrons. The molecule has 0 aliphatic carbocycles. The van der Waals surface area contributed by atoms with Crippen molar-refractivity contribution in [2.45, 2.75) is 0 Å². The van der Waals surface area contributed by atoms with Crippen LogP contribution in [0, 0.1) is 11.5 Å². The van der Waals surface area contributed by atoms with Crippen LogP contribution in [0.4, 0.5) is 0 Å². The fourth-order valence-corrected chi connectivity index (χ4v) is 0. The van der Waals surface area contributed by atoms with E-state index in [-0.39, 0.29) is 0 Å². The Morgan fingerprint density at radius 2 is 1.88 bits per heavy atom. The Balaban J connectivity index is 0. The van der Waals surface area contributed by atoms with Crippen LogP contribution >= 0.6 is 0 Å². The number of hydrogen-bond acceptors (Lipinski definition) is 3. The normalized spacial score (nSPS) is 5.12. The Bertz CT molecular complexity index is 84.5. The van der Waals surface area contributed by atoms with Crippen LogP contribution in [0.5, 0.6) is 0 Å². The zero-order valence-corrected chi connectivity index (χ0v) is 4.83. The Labute approximate surface area is 47.9 Å². The summed E-state index contributed by atoms with van der Waals surface area (Å²) in [5.74, 6) is 0. The van der Waals surface area contributed by atoms with Crippen molar-refractivity contribution in [3.05, 3.63) is 0 Å². The van der Waals surface area contributed by atoms with E-state index >= 15 is 0 Å². The second-order valence-electron chi connectivity index (χ2n) is 1.17. The average molecular weight is 116 g/mol. The van der Waals surface area contributed by atoms with Gasteiger partial charge in [0.05, 0.1) is 0 Å². The predicted molar refractivity (Wildman–Crippen MR) is 27.3 cm³/mol. The van der Waals surface area contributed by atoms with E-state index in [0.717, 1.165) is 12.7 Å². The quantitative estimate of drug-likeness (QED) is 0.372. The molecule has 0 aliphatic heterocycles. The summed E-state index contributed by atoms with van der Waals surface area (Å²) in [6.45, 7) is 0. The van der Waals surface area contributed by atoms with Crippen molar-refractivity contribution in [2.24, 2.45) is 0 Å². The van der Waals surface area contributed by atoms with E-state index < -0.39 is 0 Å². The van der Waals surface area contributed by atoms with Crippen LogP contribution < -0.4 is 0 Å². The molecule has 0 saturated heterocycles. The standard InChI is InChI=1S/C3H7NO.CHNO/c1-4(2)3-5;2-1-3/h3H,1-2H3;3H. The molecular formula is C4H8N2O2. The van der Waals surface area contributed by atoms with Crippen molar-refractivity contribution in [3.8, 4) is 6.26 Å². The summed E-state index contributed by atoms with van der Waals surface area (Å²) >= 11 is 0. The second kappa shape index (κ2) is 9.23. The number of nitrogens with zero attached hydrogens (tertiary/aromatic N) is 2. The highest BCUT2D eigenvalue weighted by Crippen LogP contribution is 1.52. The largest absolute Gasteiger partial charge is 0.443 e. The first kappa shape index (κ1) is 9.90. The second-order valence-corrected chi connectivity index (χ2v) is 1.17. The first-order valence-corrected chi connectivity index (χ1v) is 1.84. The molecule has 4 nitrogen and oxygen atoms in total. The molecule has 0 heterocycles. The number of amides is 1. The summed E-state index contributed by atoms with van der Waals surface area (Å²) in [6, 6.07) is 0. The maximum Gasteiger partial charge on any atom is 0.283 e. The summed E-state index contributed by atoms with van der Waals surface area (Å²) in [4.78, 5) is 10.9. The van der Waals surface area contributed by atoms with Crippen LogP contribution in [0.15, 0.2) is 0 Å². The van der Waals surface area contributed by atoms with Crippen molar-refractivity contribution in [2.75, 3.05) is 14.1 Å². The van der Waals surface area contributed by atoms with E-state index in [9.17, 15) is 4.79 Å². The highest BCUT2D eigenvalue weighted by atomic mass is 16.2. The molecule has 0 radical (unpaired) electrons. The van der Waals surface area contributed by atoms with E-state index in [1.54, 1.807) is 14.1 Å². The van der Waals surface area contributed by atoms with Crippen LogP contribution in [0.1, 0.15) is 0 Å². The van der Waals surface area contributed by atoms with Crippen molar-refractivity contribution in [3.63, 3.8) is 0 Å². The molecule has 4 heteroatoms. The number of carbonyl (C=O) groups is 1. The lowest BCUT2D eigenvalue weighted by molar-refractivity contribution is -0.115. The minimum absolute atomic E-state index is 0.750. The van der Waals surface area contributed by atoms with Crippen molar-refractivity contribution in [1.82, 2.24) is 4.90 Å². The maximum atomic E-state index is 9.43. The smallest absolute Gasteiger partial charge is 0.283 e. The number of hydrogen-bond donors (Lipinski definition) is 1. The summed E-state index contributed by atoms with van der Waals surface area (Å²) in [7, 11) is 3.38. The van der Waals surface area contributed by atoms with Crippen molar-refractivity contribution in [1.29, 1.82) is 5.26 Å². The van der Waals surface area contributed by atoms with Crippen molar-refractivity contribution >= 4 is 6.41 Å². The van der Waals surface area contributed by atoms with Crippen LogP contribution in [0.3, 0.4) is 0 Å². The van der Waals surface area contributed by atoms with Gasteiger partial charge >= 0.3 is 0 Å². The third kappa shape index (κ3) is 117. The summed E-state index contributed by atoms with van der Waals surface area (Å²) in [6.07, 6.45) is 1.50. The van der Waals surface area contributed by atoms with Gasteiger partial charge in [0.1, 0.15) is 0 Å². The predicted octanol–water partition coefficient (Wildman–Crippen LogP) is -0.456. The zero-order chi connectivity index (χ0) is 6.99. The minimum Gasteiger partial charge on any atom is -0.443 e. The van der Waals surface area contributed by atoms with Gasteiger partial charge in [-0.3, -0.25) is 4.79 Å². The van der Waals surface area contributed by atoms with Gasteiger partial charge < -0.3 is 10.0 Å². The molecule has 0 aliphatic rings. The molecule has 0 aromatic carbocycles. The van der Waals surface area contributed by atoms with Gasteiger partial charge in [0.2, 0.25) is 6.41 Å². The molecule has 8 heavy (non-hydrogen) atoms. The molecule has 0 aromatic heterocycles. The van der Waals surface area contributed by atoms with Gasteiger partial charge in [0.15, 0.2) is 0 Å². The summed E-state index contributed by atoms with van der Waals surface area (Å²) in [5, 5.41) is 13.8. The van der Waals surface area contributed by atoms with Crippen LogP contribution in [-0.2, 0) is 4.79 Å². The van der Waals surface area contributed by atoms with E-state index in [1.165, 1.54) is 4.90 Å². The Hall–Kier alpha value is -1.24. The van der Waals surface area contributed by atoms with Gasteiger partial charge in [-0.25, -0.2) is 0 Å². The number of aliphatic hydroxyl groups excluding tert-OH is 1. The number of carbonyl (C=O) groups excluding carboxylic acids is 1. The topological polar surface area (TPSA) is 64.3 Å². The lowest BCUT2D eigenvalue weighted by Crippen LogP contribution is -2.06. The SMILES string of the molecule is CN(C)C=O.N#CO. The molecule has 0 fully saturated rings. The molecule has 0 unspecified atom stereocenters. The average Bonchev–Trinajstić information content (AvgIpc) is 1.69. The highest BCUT2D eigenvalue weighted by molar-refractivity contribution is 5.45. The van der Waals surface area contributed by atoms with Gasteiger partial charge in [0.25, 0.3) is 6.26 Å². The first-order chi connectivity index (χ1) is 3.68. The molecule has 1 amide bonds. The molecule has 1 N–H and O–H groups in total. The van der Waals surface area contributed by atoms with Gasteiger partial charge in [0, 0.05) is 14.1 Å². The fraction of sp³-hybridized carbons (Fsp3) is 0.500. The van der Waals surface area contributed by atoms with Gasteiger partial charge in [-0.15, -0.1) is 0 Å². The number of rotatable bonds is 1. The first-order valence-electron chi connectivity index (χ1n) is 1.84. The molecule has 0 spiro atoms. The third-order valence-corrected chi connectivity index (χ3v) is 0.211. The van der Waals surface area contributed by atoms with Crippen LogP contribution in [0.25, 0.3) is 0 Å². The van der Waals surface area contributed by atoms with Gasteiger partial charge in [-0.2, -0.15) is 5.26 Å². The molecule has 0 rings (SSSR count). The van der Waals surface area contributed by atoms with Crippen LogP contribution in [-0.4, -0.2) is 30.5 Å². The third-order valence-electron chi connectivity index (χ3n) is 0.211. The molecule has 0 aromatic rings. The fourth-order valence-electron chi connectivity index (χ4n) is 0. The zero-order valence-electron chi connectivity index (χ0n) is 4.83. The van der Waals surface area contributed by atoms with Gasteiger partial charge in [-0.1, -0.05) is 0 Å². The maximum absolute atomic E-state index is 9.43. The van der Waals surface area contributed by atoms with E-state index in [4.69, 9.17) is 10.4 Å². The van der Waals surface area contributed by atoms with Crippen molar-refractivity contribution < 1.29 is 9.90 Å². The summed E-state index contributed by atoms with van der Waals surface area (Å²) < 4.78 is 0. The Kier molecular flexibility index (Phi) is 11.4. The number of aliphatic hydroxyl groups is 1. The lowest BCUT2D eigenvalue weighted by atomic mass is 11.0. The summed E-state index contributed by atoms with van der Waals surface area (Å²) in [5.41, 5.74) is 0. The highest BCUT2D eigenvalue weighted by Gasteiger charge is 1.68. The monoisotopic (exact) mass is 116 g/mol. The molecule has 0 bridgehead atoms. The van der Waals surface area contributed by atoms with Gasteiger partial charge in [-0.05, 0) is 0 Å². The van der Waals surface area contributed by atoms with E-state index in [2.05, 4.69) is 0 Å².